The summed E-state index contributed by atoms with van der Waals surface area (Å²) in [6, 6.07) is 0. The van der Waals surface area contributed by atoms with Crippen molar-refractivity contribution < 1.29 is 18.7 Å². The van der Waals surface area contributed by atoms with Crippen molar-refractivity contribution in [3.05, 3.63) is 0 Å². The van der Waals surface area contributed by atoms with E-state index in [0.717, 1.165) is 0 Å². The molecule has 6 heteroatoms. The van der Waals surface area contributed by atoms with E-state index in [9.17, 15) is 13.6 Å². The van der Waals surface area contributed by atoms with Gasteiger partial charge in [0.25, 0.3) is 6.43 Å². The lowest BCUT2D eigenvalue weighted by Crippen LogP contribution is -2.38. The van der Waals surface area contributed by atoms with E-state index < -0.39 is 12.5 Å². The van der Waals surface area contributed by atoms with E-state index in [1.54, 1.807) is 14.1 Å². The molecule has 78 valence electrons. The molecule has 0 aliphatic carbocycles. The molecule has 0 radical (unpaired) electrons. The number of hydrogen-bond donors (Lipinski definition) is 2. The molecule has 0 aliphatic heterocycles. The average Bonchev–Trinajstić information content (AvgIpc) is 2.03. The Morgan fingerprint density at radius 2 is 2.08 bits per heavy atom. The van der Waals surface area contributed by atoms with E-state index in [1.165, 1.54) is 4.90 Å². The number of carbonyl (C=O) groups excluding carboxylic acids is 1. The summed E-state index contributed by atoms with van der Waals surface area (Å²) in [4.78, 5) is 12.2. The first kappa shape index (κ1) is 12.2. The van der Waals surface area contributed by atoms with Crippen molar-refractivity contribution in [2.24, 2.45) is 0 Å². The zero-order valence-corrected chi connectivity index (χ0v) is 7.63. The fourth-order valence-corrected chi connectivity index (χ4v) is 0.574. The van der Waals surface area contributed by atoms with Gasteiger partial charge in [-0.05, 0) is 0 Å². The van der Waals surface area contributed by atoms with Crippen LogP contribution >= 0.6 is 0 Å². The standard InChI is InChI=1S/C7H14F2N2O2/c1-11(2)6(13)4-10-3-5(12)7(8)9/h5,7,10,12H,3-4H2,1-2H3. The highest BCUT2D eigenvalue weighted by atomic mass is 19.3. The van der Waals surface area contributed by atoms with E-state index in [2.05, 4.69) is 5.32 Å². The molecule has 4 nitrogen and oxygen atoms in total. The van der Waals surface area contributed by atoms with Crippen LogP contribution < -0.4 is 5.32 Å². The highest BCUT2D eigenvalue weighted by Gasteiger charge is 2.16. The second kappa shape index (κ2) is 5.82. The van der Waals surface area contributed by atoms with Gasteiger partial charge in [0.15, 0.2) is 0 Å². The van der Waals surface area contributed by atoms with Crippen LogP contribution in [0.2, 0.25) is 0 Å². The predicted molar refractivity (Wildman–Crippen MR) is 43.6 cm³/mol. The molecule has 13 heavy (non-hydrogen) atoms. The van der Waals surface area contributed by atoms with E-state index >= 15 is 0 Å². The smallest absolute Gasteiger partial charge is 0.265 e. The molecular formula is C7H14F2N2O2. The van der Waals surface area contributed by atoms with Crippen molar-refractivity contribution in [1.29, 1.82) is 0 Å². The van der Waals surface area contributed by atoms with E-state index in [4.69, 9.17) is 5.11 Å². The average molecular weight is 196 g/mol. The van der Waals surface area contributed by atoms with Crippen LogP contribution in [-0.4, -0.2) is 55.6 Å². The topological polar surface area (TPSA) is 52.6 Å². The Labute approximate surface area is 75.5 Å². The largest absolute Gasteiger partial charge is 0.386 e. The van der Waals surface area contributed by atoms with Gasteiger partial charge in [-0.2, -0.15) is 0 Å². The van der Waals surface area contributed by atoms with Gasteiger partial charge in [0.2, 0.25) is 5.91 Å². The Morgan fingerprint density at radius 1 is 1.54 bits per heavy atom. The monoisotopic (exact) mass is 196 g/mol. The quantitative estimate of drug-likeness (QED) is 0.610. The normalized spacial score (nSPS) is 13.1. The summed E-state index contributed by atoms with van der Waals surface area (Å²) in [6.07, 6.45) is -4.49. The Morgan fingerprint density at radius 3 is 2.46 bits per heavy atom. The van der Waals surface area contributed by atoms with Crippen LogP contribution in [0.3, 0.4) is 0 Å². The molecule has 1 atom stereocenters. The third-order valence-electron chi connectivity index (χ3n) is 1.42. The maximum atomic E-state index is 11.7. The Balaban J connectivity index is 3.51. The van der Waals surface area contributed by atoms with Crippen LogP contribution in [0.4, 0.5) is 8.78 Å². The summed E-state index contributed by atoms with van der Waals surface area (Å²) in [5, 5.41) is 11.1. The molecule has 0 aliphatic rings. The van der Waals surface area contributed by atoms with Gasteiger partial charge < -0.3 is 15.3 Å². The fraction of sp³-hybridized carbons (Fsp3) is 0.857. The lowest BCUT2D eigenvalue weighted by atomic mass is 10.3. The highest BCUT2D eigenvalue weighted by Crippen LogP contribution is 1.97. The molecule has 0 aromatic rings. The van der Waals surface area contributed by atoms with Gasteiger partial charge in [0.05, 0.1) is 6.54 Å². The van der Waals surface area contributed by atoms with Crippen LogP contribution in [0.25, 0.3) is 0 Å². The third kappa shape index (κ3) is 5.48. The predicted octanol–water partition coefficient (Wildman–Crippen LogP) is -0.710. The first-order valence-electron chi connectivity index (χ1n) is 3.82. The minimum absolute atomic E-state index is 0.0449. The van der Waals surface area contributed by atoms with Gasteiger partial charge in [0, 0.05) is 20.6 Å². The first-order chi connectivity index (χ1) is 5.95. The maximum Gasteiger partial charge on any atom is 0.265 e. The summed E-state index contributed by atoms with van der Waals surface area (Å²) in [6.45, 7) is -0.325. The molecule has 1 amide bonds. The number of aliphatic hydroxyl groups is 1. The van der Waals surface area contributed by atoms with Crippen molar-refractivity contribution in [3.63, 3.8) is 0 Å². The SMILES string of the molecule is CN(C)C(=O)CNCC(O)C(F)F. The Kier molecular flexibility index (Phi) is 5.48. The van der Waals surface area contributed by atoms with Gasteiger partial charge in [0.1, 0.15) is 6.10 Å². The zero-order chi connectivity index (χ0) is 10.4. The summed E-state index contributed by atoms with van der Waals surface area (Å²) < 4.78 is 23.5. The van der Waals surface area contributed by atoms with Crippen LogP contribution in [-0.2, 0) is 4.79 Å². The molecule has 0 aromatic carbocycles. The van der Waals surface area contributed by atoms with Gasteiger partial charge in [-0.1, -0.05) is 0 Å². The number of aliphatic hydroxyl groups excluding tert-OH is 1. The molecule has 1 unspecified atom stereocenters. The van der Waals surface area contributed by atoms with E-state index in [0.29, 0.717) is 0 Å². The summed E-state index contributed by atoms with van der Waals surface area (Å²) in [7, 11) is 3.13. The third-order valence-corrected chi connectivity index (χ3v) is 1.42. The number of alkyl halides is 2. The molecular weight excluding hydrogens is 182 g/mol. The molecule has 0 rings (SSSR count). The number of carbonyl (C=O) groups is 1. The number of amides is 1. The number of hydrogen-bond acceptors (Lipinski definition) is 3. The summed E-state index contributed by atoms with van der Waals surface area (Å²) >= 11 is 0. The molecule has 0 saturated carbocycles. The Bertz CT molecular complexity index is 165. The number of nitrogens with zero attached hydrogens (tertiary/aromatic N) is 1. The minimum Gasteiger partial charge on any atom is -0.386 e. The molecule has 2 N–H and O–H groups in total. The van der Waals surface area contributed by atoms with Gasteiger partial charge in [-0.3, -0.25) is 4.79 Å². The molecule has 0 spiro atoms. The molecule has 0 fully saturated rings. The van der Waals surface area contributed by atoms with E-state index in [1.807, 2.05) is 0 Å². The van der Waals surface area contributed by atoms with Gasteiger partial charge in [-0.15, -0.1) is 0 Å². The van der Waals surface area contributed by atoms with Crippen molar-refractivity contribution >= 4 is 5.91 Å². The minimum atomic E-state index is -2.78. The van der Waals surface area contributed by atoms with Crippen molar-refractivity contribution in [2.45, 2.75) is 12.5 Å². The Hall–Kier alpha value is -0.750. The maximum absolute atomic E-state index is 11.7. The number of likely N-dealkylation sites (N-methyl/N-ethyl adjacent to an activating group) is 1. The zero-order valence-electron chi connectivity index (χ0n) is 7.63. The lowest BCUT2D eigenvalue weighted by Gasteiger charge is -2.13. The van der Waals surface area contributed by atoms with Crippen molar-refractivity contribution in [2.75, 3.05) is 27.2 Å². The molecule has 0 bridgehead atoms. The van der Waals surface area contributed by atoms with Crippen LogP contribution in [0.1, 0.15) is 0 Å². The lowest BCUT2D eigenvalue weighted by molar-refractivity contribution is -0.127. The first-order valence-corrected chi connectivity index (χ1v) is 3.82. The van der Waals surface area contributed by atoms with Crippen LogP contribution in [0.15, 0.2) is 0 Å². The van der Waals surface area contributed by atoms with Crippen molar-refractivity contribution in [1.82, 2.24) is 10.2 Å². The fourth-order valence-electron chi connectivity index (χ4n) is 0.574. The van der Waals surface area contributed by atoms with Gasteiger partial charge >= 0.3 is 0 Å². The molecule has 0 aromatic heterocycles. The van der Waals surface area contributed by atoms with E-state index in [-0.39, 0.29) is 19.0 Å². The summed E-state index contributed by atoms with van der Waals surface area (Å²) in [5.74, 6) is -0.221. The molecule has 0 saturated heterocycles. The highest BCUT2D eigenvalue weighted by molar-refractivity contribution is 5.77. The number of rotatable bonds is 5. The molecule has 0 heterocycles. The summed E-state index contributed by atoms with van der Waals surface area (Å²) in [5.41, 5.74) is 0. The number of halogens is 2. The van der Waals surface area contributed by atoms with Crippen molar-refractivity contribution in [3.8, 4) is 0 Å². The second-order valence-corrected chi connectivity index (χ2v) is 2.82. The van der Waals surface area contributed by atoms with Gasteiger partial charge in [-0.25, -0.2) is 8.78 Å². The van der Waals surface area contributed by atoms with Crippen LogP contribution in [0.5, 0.6) is 0 Å². The van der Waals surface area contributed by atoms with Crippen LogP contribution in [0, 0.1) is 0 Å². The number of nitrogens with one attached hydrogen (secondary N) is 1. The second-order valence-electron chi connectivity index (χ2n) is 2.82.